The summed E-state index contributed by atoms with van der Waals surface area (Å²) in [7, 11) is 3.38. The van der Waals surface area contributed by atoms with E-state index in [-0.39, 0.29) is 5.54 Å². The molecule has 2 rings (SSSR count). The van der Waals surface area contributed by atoms with Crippen LogP contribution >= 0.6 is 15.9 Å². The third-order valence-corrected chi connectivity index (χ3v) is 4.61. The van der Waals surface area contributed by atoms with Gasteiger partial charge in [-0.25, -0.2) is 0 Å². The monoisotopic (exact) mass is 327 g/mol. The van der Waals surface area contributed by atoms with Crippen molar-refractivity contribution in [2.45, 2.75) is 38.6 Å². The summed E-state index contributed by atoms with van der Waals surface area (Å²) in [6, 6.07) is 2.18. The van der Waals surface area contributed by atoms with Gasteiger partial charge in [0.2, 0.25) is 0 Å². The Balaban J connectivity index is 2.64. The first-order valence-corrected chi connectivity index (χ1v) is 7.55. The van der Waals surface area contributed by atoms with E-state index in [1.165, 1.54) is 17.5 Å². The van der Waals surface area contributed by atoms with E-state index in [9.17, 15) is 0 Å². The van der Waals surface area contributed by atoms with Gasteiger partial charge < -0.3 is 14.8 Å². The van der Waals surface area contributed by atoms with Gasteiger partial charge in [-0.15, -0.1) is 0 Å². The van der Waals surface area contributed by atoms with Crippen LogP contribution in [0.25, 0.3) is 0 Å². The largest absolute Gasteiger partial charge is 0.493 e. The fourth-order valence-corrected chi connectivity index (χ4v) is 3.59. The minimum atomic E-state index is 0.0351. The normalized spacial score (nSPS) is 22.6. The van der Waals surface area contributed by atoms with Gasteiger partial charge in [0, 0.05) is 11.1 Å². The number of benzene rings is 1. The second-order valence-electron chi connectivity index (χ2n) is 5.17. The maximum Gasteiger partial charge on any atom is 0.175 e. The zero-order valence-corrected chi connectivity index (χ0v) is 13.7. The molecule has 1 N–H and O–H groups in total. The molecular weight excluding hydrogens is 306 g/mol. The second kappa shape index (κ2) is 5.71. The summed E-state index contributed by atoms with van der Waals surface area (Å²) >= 11 is 3.60. The molecule has 0 amide bonds. The van der Waals surface area contributed by atoms with E-state index in [0.29, 0.717) is 0 Å². The van der Waals surface area contributed by atoms with Gasteiger partial charge in [0.1, 0.15) is 0 Å². The smallest absolute Gasteiger partial charge is 0.175 e. The Morgan fingerprint density at radius 2 is 2.00 bits per heavy atom. The lowest BCUT2D eigenvalue weighted by atomic mass is 9.85. The Morgan fingerprint density at radius 3 is 2.47 bits per heavy atom. The molecule has 19 heavy (non-hydrogen) atoms. The molecule has 0 aliphatic carbocycles. The molecule has 1 saturated heterocycles. The molecule has 1 aromatic carbocycles. The SMILES string of the molecule is CCc1c(C2(C)CCCN2)cc(Br)c(OC)c1OC. The predicted molar refractivity (Wildman–Crippen MR) is 81.2 cm³/mol. The molecule has 0 bridgehead atoms. The Labute approximate surface area is 123 Å². The highest BCUT2D eigenvalue weighted by atomic mass is 79.9. The molecule has 1 heterocycles. The number of halogens is 1. The Kier molecular flexibility index (Phi) is 4.41. The van der Waals surface area contributed by atoms with Crippen molar-refractivity contribution in [2.24, 2.45) is 0 Å². The summed E-state index contributed by atoms with van der Waals surface area (Å²) in [5, 5.41) is 3.62. The first-order valence-electron chi connectivity index (χ1n) is 6.76. The minimum Gasteiger partial charge on any atom is -0.493 e. The lowest BCUT2D eigenvalue weighted by Gasteiger charge is -2.29. The maximum absolute atomic E-state index is 5.60. The third-order valence-electron chi connectivity index (χ3n) is 4.02. The zero-order chi connectivity index (χ0) is 14.0. The molecule has 4 heteroatoms. The second-order valence-corrected chi connectivity index (χ2v) is 6.02. The molecular formula is C15H22BrNO2. The molecule has 1 atom stereocenters. The molecule has 0 saturated carbocycles. The first-order chi connectivity index (χ1) is 9.07. The molecule has 1 aromatic rings. The average molecular weight is 328 g/mol. The Hall–Kier alpha value is -0.740. The predicted octanol–water partition coefficient (Wildman–Crippen LogP) is 3.63. The van der Waals surface area contributed by atoms with Gasteiger partial charge >= 0.3 is 0 Å². The molecule has 3 nitrogen and oxygen atoms in total. The number of rotatable bonds is 4. The summed E-state index contributed by atoms with van der Waals surface area (Å²) in [6.45, 7) is 5.51. The van der Waals surface area contributed by atoms with Crippen molar-refractivity contribution in [1.29, 1.82) is 0 Å². The van der Waals surface area contributed by atoms with Gasteiger partial charge in [-0.3, -0.25) is 0 Å². The van der Waals surface area contributed by atoms with Crippen molar-refractivity contribution < 1.29 is 9.47 Å². The molecule has 1 fully saturated rings. The lowest BCUT2D eigenvalue weighted by Crippen LogP contribution is -2.34. The zero-order valence-electron chi connectivity index (χ0n) is 12.1. The summed E-state index contributed by atoms with van der Waals surface area (Å²) in [5.41, 5.74) is 2.59. The average Bonchev–Trinajstić information content (AvgIpc) is 2.85. The van der Waals surface area contributed by atoms with E-state index in [0.717, 1.165) is 35.4 Å². The van der Waals surface area contributed by atoms with E-state index in [4.69, 9.17) is 9.47 Å². The summed E-state index contributed by atoms with van der Waals surface area (Å²) < 4.78 is 12.0. The summed E-state index contributed by atoms with van der Waals surface area (Å²) in [6.07, 6.45) is 3.30. The van der Waals surface area contributed by atoms with Gasteiger partial charge in [0.05, 0.1) is 18.7 Å². The van der Waals surface area contributed by atoms with Gasteiger partial charge in [-0.05, 0) is 60.3 Å². The van der Waals surface area contributed by atoms with E-state index in [2.05, 4.69) is 41.2 Å². The molecule has 0 spiro atoms. The van der Waals surface area contributed by atoms with Crippen LogP contribution in [0.15, 0.2) is 10.5 Å². The van der Waals surface area contributed by atoms with Gasteiger partial charge in [-0.1, -0.05) is 6.92 Å². The highest BCUT2D eigenvalue weighted by Crippen LogP contribution is 2.45. The van der Waals surface area contributed by atoms with Gasteiger partial charge in [0.25, 0.3) is 0 Å². The Morgan fingerprint density at radius 1 is 1.32 bits per heavy atom. The summed E-state index contributed by atoms with van der Waals surface area (Å²) in [4.78, 5) is 0. The number of ether oxygens (including phenoxy) is 2. The topological polar surface area (TPSA) is 30.5 Å². The number of hydrogen-bond donors (Lipinski definition) is 1. The maximum atomic E-state index is 5.60. The molecule has 106 valence electrons. The van der Waals surface area contributed by atoms with Crippen molar-refractivity contribution in [3.63, 3.8) is 0 Å². The van der Waals surface area contributed by atoms with Crippen molar-refractivity contribution in [1.82, 2.24) is 5.32 Å². The minimum absolute atomic E-state index is 0.0351. The molecule has 1 aliphatic rings. The van der Waals surface area contributed by atoms with Gasteiger partial charge in [-0.2, -0.15) is 0 Å². The van der Waals surface area contributed by atoms with Gasteiger partial charge in [0.15, 0.2) is 11.5 Å². The molecule has 0 radical (unpaired) electrons. The fourth-order valence-electron chi connectivity index (χ4n) is 3.02. The van der Waals surface area contributed by atoms with Crippen LogP contribution in [-0.2, 0) is 12.0 Å². The van der Waals surface area contributed by atoms with E-state index in [1.807, 2.05) is 0 Å². The van der Waals surface area contributed by atoms with Crippen molar-refractivity contribution in [3.8, 4) is 11.5 Å². The highest BCUT2D eigenvalue weighted by molar-refractivity contribution is 9.10. The molecule has 1 unspecified atom stereocenters. The third kappa shape index (κ3) is 2.48. The van der Waals surface area contributed by atoms with Crippen LogP contribution in [0.2, 0.25) is 0 Å². The fraction of sp³-hybridized carbons (Fsp3) is 0.600. The Bertz CT molecular complexity index is 468. The van der Waals surface area contributed by atoms with Crippen molar-refractivity contribution in [3.05, 3.63) is 21.7 Å². The number of nitrogens with one attached hydrogen (secondary N) is 1. The lowest BCUT2D eigenvalue weighted by molar-refractivity contribution is 0.345. The van der Waals surface area contributed by atoms with Crippen molar-refractivity contribution in [2.75, 3.05) is 20.8 Å². The van der Waals surface area contributed by atoms with Crippen molar-refractivity contribution >= 4 is 15.9 Å². The van der Waals surface area contributed by atoms with Crippen LogP contribution in [-0.4, -0.2) is 20.8 Å². The number of hydrogen-bond acceptors (Lipinski definition) is 3. The molecule has 0 aromatic heterocycles. The van der Waals surface area contributed by atoms with Crippen LogP contribution in [0, 0.1) is 0 Å². The number of methoxy groups -OCH3 is 2. The first kappa shape index (κ1) is 14.7. The van der Waals surface area contributed by atoms with E-state index in [1.54, 1.807) is 14.2 Å². The van der Waals surface area contributed by atoms with Crippen LogP contribution in [0.1, 0.15) is 37.8 Å². The van der Waals surface area contributed by atoms with Crippen LogP contribution in [0.4, 0.5) is 0 Å². The standard InChI is InChI=1S/C15H22BrNO2/c1-5-10-11(15(2)7-6-8-17-15)9-12(16)14(19-4)13(10)18-3/h9,17H,5-8H2,1-4H3. The quantitative estimate of drug-likeness (QED) is 0.916. The summed E-state index contributed by atoms with van der Waals surface area (Å²) in [5.74, 6) is 1.63. The van der Waals surface area contributed by atoms with Crippen LogP contribution < -0.4 is 14.8 Å². The van der Waals surface area contributed by atoms with Crippen LogP contribution in [0.5, 0.6) is 11.5 Å². The van der Waals surface area contributed by atoms with Crippen LogP contribution in [0.3, 0.4) is 0 Å². The van der Waals surface area contributed by atoms with E-state index >= 15 is 0 Å². The van der Waals surface area contributed by atoms with E-state index < -0.39 is 0 Å². The molecule has 1 aliphatic heterocycles. The highest BCUT2D eigenvalue weighted by Gasteiger charge is 2.34.